The van der Waals surface area contributed by atoms with Crippen molar-refractivity contribution in [2.24, 2.45) is 0 Å². The Bertz CT molecular complexity index is 1510. The monoisotopic (exact) mass is 478 g/mol. The molecule has 1 amide bonds. The van der Waals surface area contributed by atoms with Crippen molar-refractivity contribution in [1.29, 1.82) is 0 Å². The quantitative estimate of drug-likeness (QED) is 0.377. The van der Waals surface area contributed by atoms with Crippen molar-refractivity contribution in [2.45, 2.75) is 18.7 Å². The van der Waals surface area contributed by atoms with Gasteiger partial charge in [0.05, 0.1) is 11.5 Å². The molecule has 0 fully saturated rings. The molecule has 0 aliphatic heterocycles. The molecule has 0 aliphatic rings. The number of amides is 1. The van der Waals surface area contributed by atoms with Crippen molar-refractivity contribution >= 4 is 38.3 Å². The number of hydrogen-bond donors (Lipinski definition) is 2. The van der Waals surface area contributed by atoms with Crippen LogP contribution < -0.4 is 20.4 Å². The standard InChI is InChI=1S/C25H22N2O6S/c1-3-32-20-10-13-23-17(14-20)15-22(25(29)33-23)24(28)26-18-8-11-21(12-9-18)34(30,31)27-19-6-4-16(2)5-7-19/h4-15,27H,3H2,1-2H3,(H,26,28). The Labute approximate surface area is 196 Å². The molecule has 34 heavy (non-hydrogen) atoms. The van der Waals surface area contributed by atoms with E-state index in [0.29, 0.717) is 34.7 Å². The molecule has 3 aromatic carbocycles. The Balaban J connectivity index is 1.52. The number of ether oxygens (including phenoxy) is 1. The molecule has 0 radical (unpaired) electrons. The first-order chi connectivity index (χ1) is 16.2. The van der Waals surface area contributed by atoms with Crippen LogP contribution in [0.1, 0.15) is 22.8 Å². The van der Waals surface area contributed by atoms with Gasteiger partial charge < -0.3 is 14.5 Å². The van der Waals surface area contributed by atoms with E-state index in [-0.39, 0.29) is 10.5 Å². The van der Waals surface area contributed by atoms with Gasteiger partial charge in [0.25, 0.3) is 15.9 Å². The van der Waals surface area contributed by atoms with E-state index in [4.69, 9.17) is 9.15 Å². The van der Waals surface area contributed by atoms with Gasteiger partial charge in [-0.15, -0.1) is 0 Å². The Kier molecular flexibility index (Phi) is 6.38. The minimum atomic E-state index is -3.80. The number of sulfonamides is 1. The highest BCUT2D eigenvalue weighted by Gasteiger charge is 2.17. The molecule has 8 nitrogen and oxygen atoms in total. The van der Waals surface area contributed by atoms with Crippen LogP contribution in [-0.4, -0.2) is 20.9 Å². The third-order valence-corrected chi connectivity index (χ3v) is 6.38. The van der Waals surface area contributed by atoms with E-state index in [1.165, 1.54) is 30.3 Å². The summed E-state index contributed by atoms with van der Waals surface area (Å²) in [4.78, 5) is 25.0. The molecule has 0 atom stereocenters. The maximum absolute atomic E-state index is 12.7. The minimum absolute atomic E-state index is 0.0275. The van der Waals surface area contributed by atoms with Gasteiger partial charge >= 0.3 is 5.63 Å². The first-order valence-corrected chi connectivity index (χ1v) is 11.9. The van der Waals surface area contributed by atoms with Gasteiger partial charge in [0.2, 0.25) is 0 Å². The maximum atomic E-state index is 12.7. The molecule has 9 heteroatoms. The molecular weight excluding hydrogens is 456 g/mol. The van der Waals surface area contributed by atoms with Gasteiger partial charge in [0.15, 0.2) is 0 Å². The minimum Gasteiger partial charge on any atom is -0.494 e. The predicted octanol–water partition coefficient (Wildman–Crippen LogP) is 4.55. The lowest BCUT2D eigenvalue weighted by Crippen LogP contribution is -2.20. The Morgan fingerprint density at radius 3 is 2.29 bits per heavy atom. The second-order valence-corrected chi connectivity index (χ2v) is 9.21. The highest BCUT2D eigenvalue weighted by Crippen LogP contribution is 2.22. The zero-order valence-corrected chi connectivity index (χ0v) is 19.3. The van der Waals surface area contributed by atoms with Gasteiger partial charge in [-0.05, 0) is 74.5 Å². The molecule has 0 bridgehead atoms. The number of rotatable bonds is 7. The number of aryl methyl sites for hydroxylation is 1. The van der Waals surface area contributed by atoms with E-state index >= 15 is 0 Å². The normalized spacial score (nSPS) is 11.2. The zero-order chi connectivity index (χ0) is 24.3. The van der Waals surface area contributed by atoms with E-state index in [0.717, 1.165) is 5.56 Å². The molecule has 4 aromatic rings. The highest BCUT2D eigenvalue weighted by molar-refractivity contribution is 7.92. The van der Waals surface area contributed by atoms with Gasteiger partial charge in [0.1, 0.15) is 16.9 Å². The molecule has 0 saturated heterocycles. The van der Waals surface area contributed by atoms with Crippen LogP contribution in [0, 0.1) is 6.92 Å². The summed E-state index contributed by atoms with van der Waals surface area (Å²) in [7, 11) is -3.80. The molecule has 2 N–H and O–H groups in total. The Morgan fingerprint density at radius 2 is 1.62 bits per heavy atom. The van der Waals surface area contributed by atoms with Crippen LogP contribution in [0.15, 0.2) is 86.9 Å². The van der Waals surface area contributed by atoms with Crippen LogP contribution in [0.25, 0.3) is 11.0 Å². The average molecular weight is 479 g/mol. The lowest BCUT2D eigenvalue weighted by Gasteiger charge is -2.10. The fraction of sp³-hybridized carbons (Fsp3) is 0.120. The van der Waals surface area contributed by atoms with Crippen molar-refractivity contribution in [3.05, 3.63) is 94.3 Å². The fourth-order valence-corrected chi connectivity index (χ4v) is 4.33. The van der Waals surface area contributed by atoms with Crippen LogP contribution in [0.5, 0.6) is 5.75 Å². The Morgan fingerprint density at radius 1 is 0.941 bits per heavy atom. The predicted molar refractivity (Wildman–Crippen MR) is 130 cm³/mol. The van der Waals surface area contributed by atoms with Crippen LogP contribution in [0.2, 0.25) is 0 Å². The van der Waals surface area contributed by atoms with E-state index in [9.17, 15) is 18.0 Å². The smallest absolute Gasteiger partial charge is 0.349 e. The van der Waals surface area contributed by atoms with Crippen LogP contribution in [0.4, 0.5) is 11.4 Å². The van der Waals surface area contributed by atoms with Gasteiger partial charge in [-0.3, -0.25) is 9.52 Å². The van der Waals surface area contributed by atoms with Crippen molar-refractivity contribution in [2.75, 3.05) is 16.6 Å². The average Bonchev–Trinajstić information content (AvgIpc) is 2.81. The first kappa shape index (κ1) is 23.1. The maximum Gasteiger partial charge on any atom is 0.349 e. The fourth-order valence-electron chi connectivity index (χ4n) is 3.27. The van der Waals surface area contributed by atoms with Crippen LogP contribution in [-0.2, 0) is 10.0 Å². The van der Waals surface area contributed by atoms with Crippen molar-refractivity contribution < 1.29 is 22.4 Å². The third kappa shape index (κ3) is 5.10. The molecule has 0 saturated carbocycles. The van der Waals surface area contributed by atoms with Crippen molar-refractivity contribution in [3.63, 3.8) is 0 Å². The highest BCUT2D eigenvalue weighted by atomic mass is 32.2. The summed E-state index contributed by atoms with van der Waals surface area (Å²) in [5.74, 6) is -0.0860. The third-order valence-electron chi connectivity index (χ3n) is 4.99. The summed E-state index contributed by atoms with van der Waals surface area (Å²) in [6.45, 7) is 4.23. The second-order valence-electron chi connectivity index (χ2n) is 7.53. The molecule has 1 aromatic heterocycles. The summed E-state index contributed by atoms with van der Waals surface area (Å²) in [6, 6.07) is 19.0. The number of hydrogen-bond acceptors (Lipinski definition) is 6. The van der Waals surface area contributed by atoms with Crippen molar-refractivity contribution in [3.8, 4) is 5.75 Å². The van der Waals surface area contributed by atoms with E-state index < -0.39 is 21.6 Å². The van der Waals surface area contributed by atoms with Gasteiger partial charge in [-0.1, -0.05) is 17.7 Å². The van der Waals surface area contributed by atoms with E-state index in [2.05, 4.69) is 10.0 Å². The first-order valence-electron chi connectivity index (χ1n) is 10.5. The number of fused-ring (bicyclic) bond motifs is 1. The molecule has 174 valence electrons. The van der Waals surface area contributed by atoms with Crippen LogP contribution in [0.3, 0.4) is 0 Å². The number of nitrogens with one attached hydrogen (secondary N) is 2. The summed E-state index contributed by atoms with van der Waals surface area (Å²) < 4.78 is 38.5. The Hall–Kier alpha value is -4.11. The zero-order valence-electron chi connectivity index (χ0n) is 18.5. The lowest BCUT2D eigenvalue weighted by atomic mass is 10.1. The number of anilines is 2. The summed E-state index contributed by atoms with van der Waals surface area (Å²) in [5, 5.41) is 3.13. The topological polar surface area (TPSA) is 115 Å². The van der Waals surface area contributed by atoms with E-state index in [1.807, 2.05) is 13.8 Å². The molecule has 1 heterocycles. The largest absolute Gasteiger partial charge is 0.494 e. The number of carbonyl (C=O) groups is 1. The van der Waals surface area contributed by atoms with Gasteiger partial charge in [0, 0.05) is 16.8 Å². The molecule has 0 aliphatic carbocycles. The molecular formula is C25H22N2O6S. The molecule has 0 unspecified atom stereocenters. The van der Waals surface area contributed by atoms with Crippen LogP contribution >= 0.6 is 0 Å². The SMILES string of the molecule is CCOc1ccc2oc(=O)c(C(=O)Nc3ccc(S(=O)(=O)Nc4ccc(C)cc4)cc3)cc2c1. The summed E-state index contributed by atoms with van der Waals surface area (Å²) >= 11 is 0. The second kappa shape index (κ2) is 9.40. The molecule has 0 spiro atoms. The number of carbonyl (C=O) groups excluding carboxylic acids is 1. The van der Waals surface area contributed by atoms with Gasteiger partial charge in [-0.2, -0.15) is 0 Å². The van der Waals surface area contributed by atoms with Gasteiger partial charge in [-0.25, -0.2) is 13.2 Å². The number of benzene rings is 3. The summed E-state index contributed by atoms with van der Waals surface area (Å²) in [6.07, 6.45) is 0. The van der Waals surface area contributed by atoms with E-state index in [1.54, 1.807) is 42.5 Å². The lowest BCUT2D eigenvalue weighted by molar-refractivity contribution is 0.102. The summed E-state index contributed by atoms with van der Waals surface area (Å²) in [5.41, 5.74) is 1.15. The molecule has 4 rings (SSSR count). The van der Waals surface area contributed by atoms with Crippen molar-refractivity contribution in [1.82, 2.24) is 0 Å².